The summed E-state index contributed by atoms with van der Waals surface area (Å²) >= 11 is 1.80. The van der Waals surface area contributed by atoms with E-state index in [0.29, 0.717) is 6.04 Å². The summed E-state index contributed by atoms with van der Waals surface area (Å²) in [5.41, 5.74) is 1.18. The zero-order valence-electron chi connectivity index (χ0n) is 13.4. The normalized spacial score (nSPS) is 24.6. The van der Waals surface area contributed by atoms with Crippen molar-refractivity contribution in [2.24, 2.45) is 5.92 Å². The van der Waals surface area contributed by atoms with Crippen LogP contribution in [0, 0.1) is 5.92 Å². The highest BCUT2D eigenvalue weighted by Crippen LogP contribution is 2.41. The minimum atomic E-state index is -0.835. The van der Waals surface area contributed by atoms with Crippen molar-refractivity contribution >= 4 is 17.2 Å². The van der Waals surface area contributed by atoms with Gasteiger partial charge >= 0.3 is 0 Å². The van der Waals surface area contributed by atoms with Gasteiger partial charge in [-0.15, -0.1) is 11.3 Å². The fourth-order valence-corrected chi connectivity index (χ4v) is 4.28. The van der Waals surface area contributed by atoms with Gasteiger partial charge < -0.3 is 10.4 Å². The van der Waals surface area contributed by atoms with Crippen LogP contribution in [0.3, 0.4) is 0 Å². The third kappa shape index (κ3) is 3.92. The topological polar surface area (TPSA) is 65.5 Å². The van der Waals surface area contributed by atoms with Crippen LogP contribution in [-0.2, 0) is 11.3 Å². The Kier molecular flexibility index (Phi) is 4.39. The Morgan fingerprint density at radius 3 is 2.70 bits per heavy atom. The molecule has 0 spiro atoms. The number of hydrogen-bond donors (Lipinski definition) is 2. The predicted octanol–water partition coefficient (Wildman–Crippen LogP) is 1.87. The predicted molar refractivity (Wildman–Crippen MR) is 89.3 cm³/mol. The smallest absolute Gasteiger partial charge is 0.249 e. The van der Waals surface area contributed by atoms with Crippen LogP contribution in [0.1, 0.15) is 55.1 Å². The Balaban J connectivity index is 1.24. The summed E-state index contributed by atoms with van der Waals surface area (Å²) in [6.45, 7) is 2.78. The van der Waals surface area contributed by atoms with E-state index in [1.807, 2.05) is 0 Å². The molecule has 0 radical (unpaired) electrons. The number of nitrogens with zero attached hydrogens (tertiary/aromatic N) is 2. The number of piperidine rings is 1. The lowest BCUT2D eigenvalue weighted by Crippen LogP contribution is -2.44. The highest BCUT2D eigenvalue weighted by Gasteiger charge is 2.33. The molecule has 126 valence electrons. The Hall–Kier alpha value is -0.980. The molecule has 23 heavy (non-hydrogen) atoms. The number of aliphatic hydroxyl groups excluding tert-OH is 1. The molecule has 3 fully saturated rings. The summed E-state index contributed by atoms with van der Waals surface area (Å²) in [7, 11) is 0. The Labute approximate surface area is 141 Å². The van der Waals surface area contributed by atoms with E-state index in [2.05, 4.69) is 15.6 Å². The Morgan fingerprint density at radius 2 is 2.04 bits per heavy atom. The molecule has 1 aliphatic heterocycles. The van der Waals surface area contributed by atoms with E-state index >= 15 is 0 Å². The van der Waals surface area contributed by atoms with Crippen molar-refractivity contribution in [3.05, 3.63) is 16.1 Å². The van der Waals surface area contributed by atoms with Crippen LogP contribution in [0.2, 0.25) is 0 Å². The monoisotopic (exact) mass is 335 g/mol. The maximum absolute atomic E-state index is 12.0. The number of rotatable bonds is 6. The largest absolute Gasteiger partial charge is 0.383 e. The minimum absolute atomic E-state index is 0.0995. The summed E-state index contributed by atoms with van der Waals surface area (Å²) in [6.07, 6.45) is 5.68. The molecule has 1 atom stereocenters. The van der Waals surface area contributed by atoms with Gasteiger partial charge in [-0.05, 0) is 57.5 Å². The van der Waals surface area contributed by atoms with Gasteiger partial charge in [0.1, 0.15) is 6.10 Å². The molecule has 6 heteroatoms. The lowest BCUT2D eigenvalue weighted by molar-refractivity contribution is -0.133. The standard InChI is InChI=1S/C17H25N3O2S/c21-15(16(22)18-13-3-4-13)11-5-7-20(8-6-11)9-14-10-23-17(19-14)12-1-2-12/h10-13,15,21H,1-9H2,(H,18,22)/t15-/m1/s1. The zero-order valence-corrected chi connectivity index (χ0v) is 14.2. The van der Waals surface area contributed by atoms with Gasteiger partial charge in [-0.2, -0.15) is 0 Å². The number of amides is 1. The van der Waals surface area contributed by atoms with E-state index in [4.69, 9.17) is 4.98 Å². The van der Waals surface area contributed by atoms with Crippen molar-refractivity contribution in [3.63, 3.8) is 0 Å². The zero-order chi connectivity index (χ0) is 15.8. The van der Waals surface area contributed by atoms with Crippen molar-refractivity contribution in [1.29, 1.82) is 0 Å². The molecule has 3 aliphatic rings. The number of nitrogens with one attached hydrogen (secondary N) is 1. The van der Waals surface area contributed by atoms with Gasteiger partial charge in [-0.1, -0.05) is 0 Å². The quantitative estimate of drug-likeness (QED) is 0.833. The molecule has 5 nitrogen and oxygen atoms in total. The molecule has 1 aromatic heterocycles. The van der Waals surface area contributed by atoms with Gasteiger partial charge in [0.05, 0.1) is 10.7 Å². The second-order valence-electron chi connectivity index (χ2n) is 7.29. The van der Waals surface area contributed by atoms with Gasteiger partial charge in [0.2, 0.25) is 5.91 Å². The summed E-state index contributed by atoms with van der Waals surface area (Å²) < 4.78 is 0. The van der Waals surface area contributed by atoms with Crippen LogP contribution in [0.5, 0.6) is 0 Å². The van der Waals surface area contributed by atoms with Gasteiger partial charge in [0.25, 0.3) is 0 Å². The average molecular weight is 335 g/mol. The van der Waals surface area contributed by atoms with E-state index in [0.717, 1.165) is 51.2 Å². The number of aromatic nitrogens is 1. The van der Waals surface area contributed by atoms with Crippen molar-refractivity contribution in [1.82, 2.24) is 15.2 Å². The van der Waals surface area contributed by atoms with E-state index in [-0.39, 0.29) is 11.8 Å². The second kappa shape index (κ2) is 6.49. The van der Waals surface area contributed by atoms with Crippen LogP contribution in [0.15, 0.2) is 5.38 Å². The maximum atomic E-state index is 12.0. The van der Waals surface area contributed by atoms with Crippen molar-refractivity contribution < 1.29 is 9.90 Å². The molecule has 1 amide bonds. The lowest BCUT2D eigenvalue weighted by Gasteiger charge is -2.33. The van der Waals surface area contributed by atoms with E-state index in [1.54, 1.807) is 11.3 Å². The first-order valence-electron chi connectivity index (χ1n) is 8.84. The molecule has 1 aromatic rings. The van der Waals surface area contributed by atoms with E-state index < -0.39 is 6.10 Å². The molecule has 0 bridgehead atoms. The van der Waals surface area contributed by atoms with Gasteiger partial charge in [-0.3, -0.25) is 9.69 Å². The molecular formula is C17H25N3O2S. The van der Waals surface area contributed by atoms with Crippen LogP contribution in [0.4, 0.5) is 0 Å². The highest BCUT2D eigenvalue weighted by molar-refractivity contribution is 7.09. The van der Waals surface area contributed by atoms with Gasteiger partial charge in [-0.25, -0.2) is 4.98 Å². The molecule has 0 aromatic carbocycles. The second-order valence-corrected chi connectivity index (χ2v) is 8.18. The fraction of sp³-hybridized carbons (Fsp3) is 0.765. The number of aliphatic hydroxyl groups is 1. The Bertz CT molecular complexity index is 560. The van der Waals surface area contributed by atoms with Crippen LogP contribution in [-0.4, -0.2) is 46.1 Å². The molecule has 2 aliphatic carbocycles. The number of hydrogen-bond acceptors (Lipinski definition) is 5. The first kappa shape index (κ1) is 15.5. The molecule has 2 saturated carbocycles. The summed E-state index contributed by atoms with van der Waals surface area (Å²) in [4.78, 5) is 19.1. The van der Waals surface area contributed by atoms with Gasteiger partial charge in [0, 0.05) is 23.9 Å². The number of thiazole rings is 1. The molecule has 1 saturated heterocycles. The molecule has 2 heterocycles. The van der Waals surface area contributed by atoms with Crippen LogP contribution < -0.4 is 5.32 Å². The molecule has 0 unspecified atom stereocenters. The average Bonchev–Trinajstić information content (AvgIpc) is 3.49. The van der Waals surface area contributed by atoms with Crippen LogP contribution >= 0.6 is 11.3 Å². The summed E-state index contributed by atoms with van der Waals surface area (Å²) in [5, 5.41) is 16.6. The third-order valence-corrected chi connectivity index (χ3v) is 6.21. The number of likely N-dealkylation sites (tertiary alicyclic amines) is 1. The lowest BCUT2D eigenvalue weighted by atomic mass is 9.90. The number of carbonyl (C=O) groups is 1. The van der Waals surface area contributed by atoms with Crippen molar-refractivity contribution in [2.75, 3.05) is 13.1 Å². The van der Waals surface area contributed by atoms with Crippen LogP contribution in [0.25, 0.3) is 0 Å². The minimum Gasteiger partial charge on any atom is -0.383 e. The van der Waals surface area contributed by atoms with E-state index in [1.165, 1.54) is 23.5 Å². The van der Waals surface area contributed by atoms with Crippen molar-refractivity contribution in [3.8, 4) is 0 Å². The summed E-state index contributed by atoms with van der Waals surface area (Å²) in [5.74, 6) is 0.668. The van der Waals surface area contributed by atoms with Gasteiger partial charge in [0.15, 0.2) is 0 Å². The first-order chi connectivity index (χ1) is 11.2. The SMILES string of the molecule is O=C(NC1CC1)[C@H](O)C1CCN(Cc2csc(C3CC3)n2)CC1. The molecule has 2 N–H and O–H groups in total. The fourth-order valence-electron chi connectivity index (χ4n) is 3.30. The first-order valence-corrected chi connectivity index (χ1v) is 9.72. The molecular weight excluding hydrogens is 310 g/mol. The Morgan fingerprint density at radius 1 is 1.30 bits per heavy atom. The third-order valence-electron chi connectivity index (χ3n) is 5.15. The summed E-state index contributed by atoms with van der Waals surface area (Å²) in [6, 6.07) is 0.322. The maximum Gasteiger partial charge on any atom is 0.249 e. The highest BCUT2D eigenvalue weighted by atomic mass is 32.1. The van der Waals surface area contributed by atoms with Crippen molar-refractivity contribution in [2.45, 2.75) is 63.1 Å². The van der Waals surface area contributed by atoms with E-state index in [9.17, 15) is 9.90 Å². The number of carbonyl (C=O) groups excluding carboxylic acids is 1. The molecule has 4 rings (SSSR count).